The van der Waals surface area contributed by atoms with Crippen LogP contribution in [0.25, 0.3) is 28.4 Å². The fourth-order valence-corrected chi connectivity index (χ4v) is 4.24. The highest BCUT2D eigenvalue weighted by atomic mass is 19.1. The maximum Gasteiger partial charge on any atom is 0.410 e. The van der Waals surface area contributed by atoms with Crippen LogP contribution in [0, 0.1) is 11.6 Å². The molecule has 0 unspecified atom stereocenters. The van der Waals surface area contributed by atoms with Crippen LogP contribution in [-0.4, -0.2) is 55.3 Å². The Hall–Kier alpha value is -4.08. The molecule has 5 rings (SSSR count). The molecule has 1 saturated heterocycles. The van der Waals surface area contributed by atoms with Gasteiger partial charge in [-0.25, -0.2) is 28.5 Å². The summed E-state index contributed by atoms with van der Waals surface area (Å²) in [6.07, 6.45) is 3.63. The Kier molecular flexibility index (Phi) is 6.49. The van der Waals surface area contributed by atoms with Crippen LogP contribution in [0.3, 0.4) is 0 Å². The summed E-state index contributed by atoms with van der Waals surface area (Å²) in [5.41, 5.74) is 1.15. The van der Waals surface area contributed by atoms with Crippen LogP contribution in [0.4, 0.5) is 13.6 Å². The van der Waals surface area contributed by atoms with Gasteiger partial charge in [0.05, 0.1) is 6.20 Å². The van der Waals surface area contributed by atoms with Crippen molar-refractivity contribution < 1.29 is 23.0 Å². The summed E-state index contributed by atoms with van der Waals surface area (Å²) in [4.78, 5) is 26.9. The van der Waals surface area contributed by atoms with Crippen LogP contribution in [0.2, 0.25) is 0 Å². The van der Waals surface area contributed by atoms with Crippen molar-refractivity contribution >= 4 is 17.3 Å². The SMILES string of the molecule is CC(C)(C)OC(=O)N1CCC(Oc2ccc(-n3c(-c4ncc(F)cc4F)nc4cccnc43)cc2)CC1. The Morgan fingerprint density at radius 1 is 1.05 bits per heavy atom. The largest absolute Gasteiger partial charge is 0.490 e. The topological polar surface area (TPSA) is 82.4 Å². The number of hydrogen-bond donors (Lipinski definition) is 0. The molecule has 0 saturated carbocycles. The van der Waals surface area contributed by atoms with Gasteiger partial charge in [0.25, 0.3) is 0 Å². The van der Waals surface area contributed by atoms with Crippen molar-refractivity contribution in [1.82, 2.24) is 24.4 Å². The molecule has 1 fully saturated rings. The molecule has 0 spiro atoms. The molecule has 1 aliphatic rings. The molecule has 4 aromatic rings. The maximum atomic E-state index is 14.6. The summed E-state index contributed by atoms with van der Waals surface area (Å²) in [7, 11) is 0. The third-order valence-corrected chi connectivity index (χ3v) is 5.93. The number of ether oxygens (including phenoxy) is 2. The van der Waals surface area contributed by atoms with Gasteiger partial charge in [-0.15, -0.1) is 0 Å². The smallest absolute Gasteiger partial charge is 0.410 e. The summed E-state index contributed by atoms with van der Waals surface area (Å²) < 4.78 is 41.4. The van der Waals surface area contributed by atoms with Gasteiger partial charge in [0.15, 0.2) is 17.3 Å². The Bertz CT molecular complexity index is 1420. The fraction of sp³-hybridized carbons (Fsp3) is 0.333. The molecular formula is C27H27F2N5O3. The van der Waals surface area contributed by atoms with Crippen LogP contribution in [0.1, 0.15) is 33.6 Å². The van der Waals surface area contributed by atoms with Gasteiger partial charge in [-0.3, -0.25) is 4.57 Å². The zero-order chi connectivity index (χ0) is 26.2. The van der Waals surface area contributed by atoms with Crippen molar-refractivity contribution in [3.05, 3.63) is 66.5 Å². The van der Waals surface area contributed by atoms with E-state index in [9.17, 15) is 13.6 Å². The van der Waals surface area contributed by atoms with Gasteiger partial charge < -0.3 is 14.4 Å². The number of imidazole rings is 1. The first-order valence-electron chi connectivity index (χ1n) is 12.1. The fourth-order valence-electron chi connectivity index (χ4n) is 4.24. The molecule has 0 atom stereocenters. The highest BCUT2D eigenvalue weighted by Gasteiger charge is 2.28. The number of fused-ring (bicyclic) bond motifs is 1. The van der Waals surface area contributed by atoms with Gasteiger partial charge in [0.2, 0.25) is 0 Å². The first-order valence-corrected chi connectivity index (χ1v) is 12.1. The van der Waals surface area contributed by atoms with Gasteiger partial charge in [0, 0.05) is 43.9 Å². The van der Waals surface area contributed by atoms with E-state index in [1.807, 2.05) is 45.0 Å². The van der Waals surface area contributed by atoms with E-state index in [1.54, 1.807) is 27.8 Å². The number of rotatable bonds is 4. The Morgan fingerprint density at radius 2 is 1.78 bits per heavy atom. The van der Waals surface area contributed by atoms with E-state index in [-0.39, 0.29) is 23.7 Å². The predicted octanol–water partition coefficient (Wildman–Crippen LogP) is 5.54. The van der Waals surface area contributed by atoms with Crippen molar-refractivity contribution in [3.8, 4) is 23.0 Å². The van der Waals surface area contributed by atoms with Crippen molar-refractivity contribution in [2.24, 2.45) is 0 Å². The minimum atomic E-state index is -0.811. The van der Waals surface area contributed by atoms with Crippen molar-refractivity contribution in [1.29, 1.82) is 0 Å². The normalized spacial score (nSPS) is 14.7. The van der Waals surface area contributed by atoms with Gasteiger partial charge >= 0.3 is 6.09 Å². The van der Waals surface area contributed by atoms with Crippen molar-refractivity contribution in [2.75, 3.05) is 13.1 Å². The first-order chi connectivity index (χ1) is 17.7. The van der Waals surface area contributed by atoms with Crippen LogP contribution < -0.4 is 4.74 Å². The summed E-state index contributed by atoms with van der Waals surface area (Å²) in [6, 6.07) is 11.6. The van der Waals surface area contributed by atoms with Crippen LogP contribution in [-0.2, 0) is 4.74 Å². The average Bonchev–Trinajstić information content (AvgIpc) is 3.23. The van der Waals surface area contributed by atoms with E-state index in [2.05, 4.69) is 15.0 Å². The number of aromatic nitrogens is 4. The maximum absolute atomic E-state index is 14.6. The molecule has 0 N–H and O–H groups in total. The van der Waals surface area contributed by atoms with E-state index >= 15 is 0 Å². The Labute approximate surface area is 212 Å². The minimum Gasteiger partial charge on any atom is -0.490 e. The molecule has 8 nitrogen and oxygen atoms in total. The molecule has 1 aliphatic heterocycles. The highest BCUT2D eigenvalue weighted by molar-refractivity contribution is 5.79. The lowest BCUT2D eigenvalue weighted by Crippen LogP contribution is -2.44. The molecule has 0 aliphatic carbocycles. The summed E-state index contributed by atoms with van der Waals surface area (Å²) >= 11 is 0. The average molecular weight is 508 g/mol. The molecule has 0 bridgehead atoms. The van der Waals surface area contributed by atoms with E-state index in [1.165, 1.54) is 0 Å². The number of nitrogens with zero attached hydrogens (tertiary/aromatic N) is 5. The zero-order valence-corrected chi connectivity index (χ0v) is 20.8. The second-order valence-electron chi connectivity index (χ2n) is 9.88. The van der Waals surface area contributed by atoms with Crippen LogP contribution in [0.5, 0.6) is 5.75 Å². The Balaban J connectivity index is 1.34. The number of piperidine rings is 1. The van der Waals surface area contributed by atoms with Crippen molar-refractivity contribution in [3.63, 3.8) is 0 Å². The minimum absolute atomic E-state index is 0.0339. The lowest BCUT2D eigenvalue weighted by molar-refractivity contribution is 0.0126. The number of pyridine rings is 2. The zero-order valence-electron chi connectivity index (χ0n) is 20.8. The number of hydrogen-bond acceptors (Lipinski definition) is 6. The van der Waals surface area contributed by atoms with Crippen molar-refractivity contribution in [2.45, 2.75) is 45.3 Å². The van der Waals surface area contributed by atoms with Gasteiger partial charge in [-0.1, -0.05) is 0 Å². The number of benzene rings is 1. The number of carbonyl (C=O) groups excluding carboxylic acids is 1. The first kappa shape index (κ1) is 24.6. The molecule has 192 valence electrons. The number of halogens is 2. The number of likely N-dealkylation sites (tertiary alicyclic amines) is 1. The van der Waals surface area contributed by atoms with E-state index in [0.29, 0.717) is 48.5 Å². The molecule has 10 heteroatoms. The summed E-state index contributed by atoms with van der Waals surface area (Å²) in [5.74, 6) is -0.687. The summed E-state index contributed by atoms with van der Waals surface area (Å²) in [5, 5.41) is 0. The van der Waals surface area contributed by atoms with Gasteiger partial charge in [-0.2, -0.15) is 0 Å². The highest BCUT2D eigenvalue weighted by Crippen LogP contribution is 2.29. The molecular weight excluding hydrogens is 480 g/mol. The monoisotopic (exact) mass is 507 g/mol. The molecule has 1 amide bonds. The summed E-state index contributed by atoms with van der Waals surface area (Å²) in [6.45, 7) is 6.67. The van der Waals surface area contributed by atoms with Gasteiger partial charge in [0.1, 0.15) is 34.5 Å². The second-order valence-corrected chi connectivity index (χ2v) is 9.88. The number of amides is 1. The number of carbonyl (C=O) groups is 1. The molecule has 37 heavy (non-hydrogen) atoms. The third kappa shape index (κ3) is 5.37. The predicted molar refractivity (Wildman–Crippen MR) is 133 cm³/mol. The van der Waals surface area contributed by atoms with Crippen LogP contribution >= 0.6 is 0 Å². The van der Waals surface area contributed by atoms with Gasteiger partial charge in [-0.05, 0) is 57.2 Å². The van der Waals surface area contributed by atoms with E-state index in [0.717, 1.165) is 12.3 Å². The standard InChI is InChI=1S/C27H27F2N5O3/c1-27(2,3)37-26(35)33-13-10-20(11-14-33)36-19-8-6-18(7-9-19)34-24-22(5-4-12-30-24)32-25(34)23-21(29)15-17(28)16-31-23/h4-9,12,15-16,20H,10-11,13-14H2,1-3H3. The molecule has 3 aromatic heterocycles. The van der Waals surface area contributed by atoms with Crippen LogP contribution in [0.15, 0.2) is 54.9 Å². The van der Waals surface area contributed by atoms with E-state index in [4.69, 9.17) is 9.47 Å². The third-order valence-electron chi connectivity index (χ3n) is 5.93. The Morgan fingerprint density at radius 3 is 2.46 bits per heavy atom. The molecule has 4 heterocycles. The lowest BCUT2D eigenvalue weighted by atomic mass is 10.1. The quantitative estimate of drug-likeness (QED) is 0.361. The molecule has 0 radical (unpaired) electrons. The van der Waals surface area contributed by atoms with E-state index < -0.39 is 17.2 Å². The molecule has 1 aromatic carbocycles. The second kappa shape index (κ2) is 9.76. The lowest BCUT2D eigenvalue weighted by Gasteiger charge is -2.33.